The van der Waals surface area contributed by atoms with Crippen LogP contribution in [0.3, 0.4) is 0 Å². The lowest BCUT2D eigenvalue weighted by atomic mass is 10.2. The minimum absolute atomic E-state index is 0.0855. The number of amides is 2. The lowest BCUT2D eigenvalue weighted by Gasteiger charge is -2.34. The van der Waals surface area contributed by atoms with Crippen LogP contribution in [0.1, 0.15) is 10.5 Å². The highest BCUT2D eigenvalue weighted by Crippen LogP contribution is 2.20. The topological polar surface area (TPSA) is 81.3 Å². The van der Waals surface area contributed by atoms with Gasteiger partial charge >= 0.3 is 0 Å². The van der Waals surface area contributed by atoms with Crippen LogP contribution in [-0.2, 0) is 4.79 Å². The van der Waals surface area contributed by atoms with E-state index >= 15 is 0 Å². The van der Waals surface area contributed by atoms with Crippen molar-refractivity contribution in [3.63, 3.8) is 0 Å². The van der Waals surface area contributed by atoms with Gasteiger partial charge in [0, 0.05) is 31.6 Å². The van der Waals surface area contributed by atoms with Crippen LogP contribution >= 0.6 is 11.6 Å². The van der Waals surface area contributed by atoms with Crippen LogP contribution in [-0.4, -0.2) is 64.5 Å². The zero-order valence-electron chi connectivity index (χ0n) is 15.2. The number of aromatic amines is 1. The molecule has 7 nitrogen and oxygen atoms in total. The molecule has 1 aliphatic rings. The Morgan fingerprint density at radius 3 is 2.54 bits per heavy atom. The summed E-state index contributed by atoms with van der Waals surface area (Å²) < 4.78 is 0. The van der Waals surface area contributed by atoms with Crippen molar-refractivity contribution >= 4 is 40.0 Å². The Kier molecular flexibility index (Phi) is 5.27. The van der Waals surface area contributed by atoms with E-state index in [1.54, 1.807) is 17.0 Å². The van der Waals surface area contributed by atoms with Gasteiger partial charge in [-0.2, -0.15) is 5.10 Å². The van der Waals surface area contributed by atoms with Crippen LogP contribution in [0, 0.1) is 0 Å². The van der Waals surface area contributed by atoms with Gasteiger partial charge in [0.25, 0.3) is 5.91 Å². The quantitative estimate of drug-likeness (QED) is 0.709. The van der Waals surface area contributed by atoms with E-state index in [1.165, 1.54) is 0 Å². The molecule has 0 atom stereocenters. The maximum Gasteiger partial charge on any atom is 0.275 e. The van der Waals surface area contributed by atoms with Gasteiger partial charge in [-0.05, 0) is 18.2 Å². The molecule has 1 aromatic heterocycles. The minimum Gasteiger partial charge on any atom is -0.335 e. The summed E-state index contributed by atoms with van der Waals surface area (Å²) in [6.45, 7) is 2.63. The molecule has 3 aromatic rings. The third kappa shape index (κ3) is 3.85. The lowest BCUT2D eigenvalue weighted by molar-refractivity contribution is -0.117. The summed E-state index contributed by atoms with van der Waals surface area (Å²) in [5.41, 5.74) is 1.90. The van der Waals surface area contributed by atoms with Gasteiger partial charge in [0.2, 0.25) is 5.91 Å². The van der Waals surface area contributed by atoms with Crippen LogP contribution in [0.4, 0.5) is 5.69 Å². The Labute approximate surface area is 167 Å². The fourth-order valence-electron chi connectivity index (χ4n) is 3.34. The summed E-state index contributed by atoms with van der Waals surface area (Å²) in [4.78, 5) is 28.9. The molecular weight excluding hydrogens is 378 g/mol. The molecule has 0 unspecified atom stereocenters. The highest BCUT2D eigenvalue weighted by molar-refractivity contribution is 6.33. The van der Waals surface area contributed by atoms with Crippen molar-refractivity contribution in [2.45, 2.75) is 0 Å². The van der Waals surface area contributed by atoms with Gasteiger partial charge in [0.15, 0.2) is 5.69 Å². The van der Waals surface area contributed by atoms with E-state index < -0.39 is 0 Å². The zero-order valence-corrected chi connectivity index (χ0v) is 15.9. The SMILES string of the molecule is O=C(CN1CCN(C(=O)c2n[nH]c3ccccc23)CC1)Nc1ccccc1Cl. The van der Waals surface area contributed by atoms with Crippen molar-refractivity contribution < 1.29 is 9.59 Å². The Balaban J connectivity index is 1.32. The molecule has 144 valence electrons. The van der Waals surface area contributed by atoms with Crippen molar-refractivity contribution in [1.82, 2.24) is 20.0 Å². The number of carbonyl (C=O) groups excluding carboxylic acids is 2. The summed E-state index contributed by atoms with van der Waals surface area (Å²) in [5, 5.41) is 11.3. The molecule has 1 aliphatic heterocycles. The second kappa shape index (κ2) is 8.00. The number of rotatable bonds is 4. The first-order chi connectivity index (χ1) is 13.6. The molecule has 28 heavy (non-hydrogen) atoms. The lowest BCUT2D eigenvalue weighted by Crippen LogP contribution is -2.50. The van der Waals surface area contributed by atoms with E-state index in [2.05, 4.69) is 15.5 Å². The highest BCUT2D eigenvalue weighted by Gasteiger charge is 2.26. The second-order valence-electron chi connectivity index (χ2n) is 6.71. The summed E-state index contributed by atoms with van der Waals surface area (Å²) in [7, 11) is 0. The van der Waals surface area contributed by atoms with Crippen LogP contribution in [0.2, 0.25) is 5.02 Å². The van der Waals surface area contributed by atoms with Crippen LogP contribution < -0.4 is 5.32 Å². The largest absolute Gasteiger partial charge is 0.335 e. The number of hydrogen-bond acceptors (Lipinski definition) is 4. The fraction of sp³-hybridized carbons (Fsp3) is 0.250. The van der Waals surface area contributed by atoms with Crippen molar-refractivity contribution in [2.75, 3.05) is 38.0 Å². The Hall–Kier alpha value is -2.90. The summed E-state index contributed by atoms with van der Waals surface area (Å²) in [6, 6.07) is 14.7. The number of halogens is 1. The molecule has 1 saturated heterocycles. The Bertz CT molecular complexity index is 1010. The van der Waals surface area contributed by atoms with Gasteiger partial charge in [-0.3, -0.25) is 19.6 Å². The van der Waals surface area contributed by atoms with Gasteiger partial charge in [0.05, 0.1) is 22.8 Å². The molecule has 2 aromatic carbocycles. The number of benzene rings is 2. The highest BCUT2D eigenvalue weighted by atomic mass is 35.5. The van der Waals surface area contributed by atoms with E-state index in [4.69, 9.17) is 11.6 Å². The van der Waals surface area contributed by atoms with E-state index in [0.29, 0.717) is 42.6 Å². The molecule has 2 N–H and O–H groups in total. The van der Waals surface area contributed by atoms with Crippen LogP contribution in [0.15, 0.2) is 48.5 Å². The number of nitrogens with one attached hydrogen (secondary N) is 2. The normalized spacial score (nSPS) is 15.0. The number of para-hydroxylation sites is 2. The molecular formula is C20H20ClN5O2. The molecule has 0 aliphatic carbocycles. The molecule has 4 rings (SSSR count). The molecule has 0 radical (unpaired) electrons. The first-order valence-electron chi connectivity index (χ1n) is 9.11. The third-order valence-electron chi connectivity index (χ3n) is 4.85. The summed E-state index contributed by atoms with van der Waals surface area (Å²) >= 11 is 6.07. The second-order valence-corrected chi connectivity index (χ2v) is 7.12. The predicted octanol–water partition coefficient (Wildman–Crippen LogP) is 2.61. The average molecular weight is 398 g/mol. The maximum atomic E-state index is 12.8. The molecule has 2 heterocycles. The number of carbonyl (C=O) groups is 2. The molecule has 2 amide bonds. The van der Waals surface area contributed by atoms with E-state index in [0.717, 1.165) is 10.9 Å². The van der Waals surface area contributed by atoms with Crippen LogP contribution in [0.25, 0.3) is 10.9 Å². The zero-order chi connectivity index (χ0) is 19.5. The van der Waals surface area contributed by atoms with Crippen molar-refractivity contribution in [2.24, 2.45) is 0 Å². The first kappa shape index (κ1) is 18.5. The molecule has 8 heteroatoms. The van der Waals surface area contributed by atoms with E-state index in [9.17, 15) is 9.59 Å². The number of hydrogen-bond donors (Lipinski definition) is 2. The predicted molar refractivity (Wildman–Crippen MR) is 109 cm³/mol. The molecule has 1 fully saturated rings. The van der Waals surface area contributed by atoms with Crippen LogP contribution in [0.5, 0.6) is 0 Å². The smallest absolute Gasteiger partial charge is 0.275 e. The number of piperazine rings is 1. The molecule has 0 spiro atoms. The Morgan fingerprint density at radius 1 is 1.04 bits per heavy atom. The monoisotopic (exact) mass is 397 g/mol. The van der Waals surface area contributed by atoms with Gasteiger partial charge in [-0.25, -0.2) is 0 Å². The van der Waals surface area contributed by atoms with Gasteiger partial charge in [0.1, 0.15) is 0 Å². The minimum atomic E-state index is -0.119. The van der Waals surface area contributed by atoms with E-state index in [1.807, 2.05) is 41.3 Å². The first-order valence-corrected chi connectivity index (χ1v) is 9.49. The summed E-state index contributed by atoms with van der Waals surface area (Å²) in [6.07, 6.45) is 0. The number of nitrogens with zero attached hydrogens (tertiary/aromatic N) is 3. The third-order valence-corrected chi connectivity index (χ3v) is 5.18. The van der Waals surface area contributed by atoms with Crippen molar-refractivity contribution in [3.05, 3.63) is 59.2 Å². The van der Waals surface area contributed by atoms with Crippen molar-refractivity contribution in [3.8, 4) is 0 Å². The van der Waals surface area contributed by atoms with Gasteiger partial charge in [-0.15, -0.1) is 0 Å². The van der Waals surface area contributed by atoms with E-state index in [-0.39, 0.29) is 18.4 Å². The standard InChI is InChI=1S/C20H20ClN5O2/c21-15-6-2-4-8-17(15)22-18(27)13-25-9-11-26(12-10-25)20(28)19-14-5-1-3-7-16(14)23-24-19/h1-8H,9-13H2,(H,22,27)(H,23,24). The fourth-order valence-corrected chi connectivity index (χ4v) is 3.52. The Morgan fingerprint density at radius 2 is 1.75 bits per heavy atom. The number of aromatic nitrogens is 2. The number of anilines is 1. The number of fused-ring (bicyclic) bond motifs is 1. The molecule has 0 bridgehead atoms. The van der Waals surface area contributed by atoms with Crippen molar-refractivity contribution in [1.29, 1.82) is 0 Å². The maximum absolute atomic E-state index is 12.8. The summed E-state index contributed by atoms with van der Waals surface area (Å²) in [5.74, 6) is -0.205. The van der Waals surface area contributed by atoms with Gasteiger partial charge in [-0.1, -0.05) is 41.9 Å². The van der Waals surface area contributed by atoms with Gasteiger partial charge < -0.3 is 10.2 Å². The number of H-pyrrole nitrogens is 1. The average Bonchev–Trinajstić information content (AvgIpc) is 3.14. The molecule has 0 saturated carbocycles.